The zero-order valence-corrected chi connectivity index (χ0v) is 12.4. The van der Waals surface area contributed by atoms with E-state index >= 15 is 0 Å². The molecule has 5 heteroatoms. The van der Waals surface area contributed by atoms with Crippen LogP contribution in [0.2, 0.25) is 0 Å². The fourth-order valence-electron chi connectivity index (χ4n) is 3.21. The molecule has 0 amide bonds. The minimum atomic E-state index is -2.75. The average molecular weight is 274 g/mol. The Kier molecular flexibility index (Phi) is 4.67. The van der Waals surface area contributed by atoms with E-state index < -0.39 is 9.84 Å². The van der Waals surface area contributed by atoms with Crippen LogP contribution < -0.4 is 5.32 Å². The van der Waals surface area contributed by atoms with Crippen molar-refractivity contribution in [3.05, 3.63) is 0 Å². The maximum atomic E-state index is 11.5. The molecule has 0 saturated carbocycles. The highest BCUT2D eigenvalue weighted by atomic mass is 32.2. The highest BCUT2D eigenvalue weighted by Crippen LogP contribution is 2.24. The van der Waals surface area contributed by atoms with E-state index in [0.717, 1.165) is 32.5 Å². The number of piperidine rings is 1. The Morgan fingerprint density at radius 1 is 1.33 bits per heavy atom. The van der Waals surface area contributed by atoms with Gasteiger partial charge in [-0.15, -0.1) is 0 Å². The van der Waals surface area contributed by atoms with E-state index in [1.165, 1.54) is 6.42 Å². The summed E-state index contributed by atoms with van der Waals surface area (Å²) in [7, 11) is -2.75. The molecule has 2 saturated heterocycles. The smallest absolute Gasteiger partial charge is 0.151 e. The van der Waals surface area contributed by atoms with Crippen molar-refractivity contribution in [2.45, 2.75) is 45.2 Å². The van der Waals surface area contributed by atoms with Crippen LogP contribution in [0.4, 0.5) is 0 Å². The van der Waals surface area contributed by atoms with Crippen LogP contribution in [0.3, 0.4) is 0 Å². The first-order chi connectivity index (χ1) is 8.52. The summed E-state index contributed by atoms with van der Waals surface area (Å²) < 4.78 is 23.1. The molecule has 0 aromatic rings. The number of rotatable bonds is 4. The summed E-state index contributed by atoms with van der Waals surface area (Å²) in [5.41, 5.74) is 0. The molecule has 2 aliphatic heterocycles. The zero-order chi connectivity index (χ0) is 13.2. The van der Waals surface area contributed by atoms with Crippen molar-refractivity contribution in [1.82, 2.24) is 10.2 Å². The second-order valence-corrected chi connectivity index (χ2v) is 8.11. The standard InChI is InChI=1S/C13H26N2O2S/c1-3-6-14-13-4-7-15(9-11(13)2)12-5-8-18(16,17)10-12/h11-14H,3-10H2,1-2H3. The molecule has 0 radical (unpaired) electrons. The Labute approximate surface area is 111 Å². The van der Waals surface area contributed by atoms with Crippen molar-refractivity contribution >= 4 is 9.84 Å². The van der Waals surface area contributed by atoms with Crippen LogP contribution in [0.25, 0.3) is 0 Å². The third kappa shape index (κ3) is 3.45. The van der Waals surface area contributed by atoms with Crippen molar-refractivity contribution in [3.8, 4) is 0 Å². The van der Waals surface area contributed by atoms with Gasteiger partial charge < -0.3 is 5.32 Å². The summed E-state index contributed by atoms with van der Waals surface area (Å²) in [6.45, 7) is 7.65. The quantitative estimate of drug-likeness (QED) is 0.827. The van der Waals surface area contributed by atoms with Crippen LogP contribution in [0.5, 0.6) is 0 Å². The number of nitrogens with zero attached hydrogens (tertiary/aromatic N) is 1. The fourth-order valence-corrected chi connectivity index (χ4v) is 4.97. The third-order valence-corrected chi connectivity index (χ3v) is 6.07. The summed E-state index contributed by atoms with van der Waals surface area (Å²) in [6.07, 6.45) is 3.16. The molecule has 2 fully saturated rings. The molecule has 0 spiro atoms. The predicted molar refractivity (Wildman–Crippen MR) is 74.5 cm³/mol. The van der Waals surface area contributed by atoms with Crippen LogP contribution in [0.1, 0.15) is 33.1 Å². The molecule has 3 unspecified atom stereocenters. The lowest BCUT2D eigenvalue weighted by atomic mass is 9.92. The van der Waals surface area contributed by atoms with Crippen molar-refractivity contribution in [1.29, 1.82) is 0 Å². The lowest BCUT2D eigenvalue weighted by molar-refractivity contribution is 0.114. The van der Waals surface area contributed by atoms with E-state index in [1.807, 2.05) is 0 Å². The molecule has 0 aromatic heterocycles. The van der Waals surface area contributed by atoms with Crippen LogP contribution in [-0.2, 0) is 9.84 Å². The van der Waals surface area contributed by atoms with Gasteiger partial charge in [-0.2, -0.15) is 0 Å². The minimum absolute atomic E-state index is 0.282. The molecule has 2 rings (SSSR count). The number of likely N-dealkylation sites (tertiary alicyclic amines) is 1. The molecular formula is C13H26N2O2S. The average Bonchev–Trinajstić information content (AvgIpc) is 2.68. The SMILES string of the molecule is CCCNC1CCN(C2CCS(=O)(=O)C2)CC1C. The van der Waals surface area contributed by atoms with Gasteiger partial charge in [0.05, 0.1) is 11.5 Å². The Morgan fingerprint density at radius 2 is 2.11 bits per heavy atom. The number of nitrogens with one attached hydrogen (secondary N) is 1. The van der Waals surface area contributed by atoms with Crippen LogP contribution >= 0.6 is 0 Å². The molecule has 0 aromatic carbocycles. The summed E-state index contributed by atoms with van der Waals surface area (Å²) in [4.78, 5) is 2.40. The van der Waals surface area contributed by atoms with Gasteiger partial charge in [0.15, 0.2) is 9.84 Å². The lowest BCUT2D eigenvalue weighted by Crippen LogP contribution is -2.51. The van der Waals surface area contributed by atoms with Gasteiger partial charge in [-0.25, -0.2) is 8.42 Å². The lowest BCUT2D eigenvalue weighted by Gasteiger charge is -2.40. The van der Waals surface area contributed by atoms with Crippen LogP contribution in [-0.4, -0.2) is 56.5 Å². The number of hydrogen-bond donors (Lipinski definition) is 1. The molecule has 4 nitrogen and oxygen atoms in total. The van der Waals surface area contributed by atoms with Crippen molar-refractivity contribution in [2.75, 3.05) is 31.1 Å². The summed E-state index contributed by atoms with van der Waals surface area (Å²) in [5.74, 6) is 1.39. The first-order valence-electron chi connectivity index (χ1n) is 7.19. The molecule has 1 N–H and O–H groups in total. The van der Waals surface area contributed by atoms with E-state index in [0.29, 0.717) is 23.5 Å². The van der Waals surface area contributed by atoms with Gasteiger partial charge in [0.25, 0.3) is 0 Å². The molecule has 0 bridgehead atoms. The van der Waals surface area contributed by atoms with Gasteiger partial charge in [-0.1, -0.05) is 13.8 Å². The third-order valence-electron chi connectivity index (χ3n) is 4.32. The summed E-state index contributed by atoms with van der Waals surface area (Å²) in [6, 6.07) is 0.892. The van der Waals surface area contributed by atoms with E-state index in [1.54, 1.807) is 0 Å². The van der Waals surface area contributed by atoms with E-state index in [4.69, 9.17) is 0 Å². The number of hydrogen-bond acceptors (Lipinski definition) is 4. The molecule has 2 aliphatic rings. The van der Waals surface area contributed by atoms with Crippen LogP contribution in [0.15, 0.2) is 0 Å². The van der Waals surface area contributed by atoms with Crippen molar-refractivity contribution < 1.29 is 8.42 Å². The second-order valence-electron chi connectivity index (χ2n) is 5.88. The van der Waals surface area contributed by atoms with Crippen molar-refractivity contribution in [2.24, 2.45) is 5.92 Å². The topological polar surface area (TPSA) is 49.4 Å². The zero-order valence-electron chi connectivity index (χ0n) is 11.6. The van der Waals surface area contributed by atoms with Gasteiger partial charge in [0.1, 0.15) is 0 Å². The van der Waals surface area contributed by atoms with Gasteiger partial charge in [0, 0.05) is 18.6 Å². The van der Waals surface area contributed by atoms with Crippen molar-refractivity contribution in [3.63, 3.8) is 0 Å². The monoisotopic (exact) mass is 274 g/mol. The minimum Gasteiger partial charge on any atom is -0.314 e. The highest BCUT2D eigenvalue weighted by Gasteiger charge is 2.35. The highest BCUT2D eigenvalue weighted by molar-refractivity contribution is 7.91. The molecule has 0 aliphatic carbocycles. The maximum Gasteiger partial charge on any atom is 0.151 e. The summed E-state index contributed by atoms with van der Waals surface area (Å²) >= 11 is 0. The first kappa shape index (κ1) is 14.3. The molecular weight excluding hydrogens is 248 g/mol. The van der Waals surface area contributed by atoms with E-state index in [2.05, 4.69) is 24.1 Å². The Morgan fingerprint density at radius 3 is 2.67 bits per heavy atom. The van der Waals surface area contributed by atoms with Gasteiger partial charge in [-0.3, -0.25) is 4.90 Å². The number of sulfone groups is 1. The molecule has 18 heavy (non-hydrogen) atoms. The van der Waals surface area contributed by atoms with Gasteiger partial charge in [-0.05, 0) is 38.3 Å². The van der Waals surface area contributed by atoms with Crippen LogP contribution in [0, 0.1) is 5.92 Å². The predicted octanol–water partition coefficient (Wildman–Crippen LogP) is 0.884. The van der Waals surface area contributed by atoms with E-state index in [9.17, 15) is 8.42 Å². The Bertz CT molecular complexity index is 369. The molecule has 2 heterocycles. The molecule has 3 atom stereocenters. The first-order valence-corrected chi connectivity index (χ1v) is 9.02. The second kappa shape index (κ2) is 5.88. The Hall–Kier alpha value is -0.130. The van der Waals surface area contributed by atoms with Gasteiger partial charge in [0.2, 0.25) is 0 Å². The normalized spacial score (nSPS) is 36.9. The molecule has 106 valence electrons. The fraction of sp³-hybridized carbons (Fsp3) is 1.00. The van der Waals surface area contributed by atoms with Gasteiger partial charge >= 0.3 is 0 Å². The Balaban J connectivity index is 1.85. The van der Waals surface area contributed by atoms with E-state index in [-0.39, 0.29) is 6.04 Å². The summed E-state index contributed by atoms with van der Waals surface area (Å²) in [5, 5.41) is 3.60. The largest absolute Gasteiger partial charge is 0.314 e. The maximum absolute atomic E-state index is 11.5.